The molecule has 8 atom stereocenters. The van der Waals surface area contributed by atoms with Crippen LogP contribution in [0, 0.1) is 34.5 Å². The highest BCUT2D eigenvalue weighted by Gasteiger charge is 2.61. The molecular weight excluding hydrogens is 340 g/mol. The second-order valence-corrected chi connectivity index (χ2v) is 10.5. The summed E-state index contributed by atoms with van der Waals surface area (Å²) >= 11 is 3.88. The molecule has 0 aromatic rings. The van der Waals surface area contributed by atoms with Gasteiger partial charge >= 0.3 is 0 Å². The summed E-state index contributed by atoms with van der Waals surface area (Å²) in [4.78, 5) is 13.6. The lowest BCUT2D eigenvalue weighted by Crippen LogP contribution is -2.57. The topological polar surface area (TPSA) is 37.3 Å². The summed E-state index contributed by atoms with van der Waals surface area (Å²) in [5.74, 6) is 2.90. The molecule has 0 amide bonds. The van der Waals surface area contributed by atoms with Crippen LogP contribution >= 0.6 is 15.9 Å². The lowest BCUT2D eigenvalue weighted by Gasteiger charge is -2.59. The van der Waals surface area contributed by atoms with Crippen LogP contribution in [0.4, 0.5) is 0 Å². The third kappa shape index (κ3) is 2.03. The Labute approximate surface area is 142 Å². The van der Waals surface area contributed by atoms with Gasteiger partial charge in [0, 0.05) is 16.7 Å². The first-order chi connectivity index (χ1) is 10.3. The molecule has 0 aliphatic heterocycles. The normalized spacial score (nSPS) is 57.9. The van der Waals surface area contributed by atoms with Crippen LogP contribution in [0.5, 0.6) is 0 Å². The number of Topliss-reactive ketones (excluding diaryl/α,β-unsaturated/α-hetero) is 1. The van der Waals surface area contributed by atoms with Gasteiger partial charge in [0.2, 0.25) is 0 Å². The lowest BCUT2D eigenvalue weighted by atomic mass is 9.45. The molecule has 4 fully saturated rings. The number of hydrogen-bond acceptors (Lipinski definition) is 2. The highest BCUT2D eigenvalue weighted by atomic mass is 79.9. The number of carbonyl (C=O) groups excluding carboxylic acids is 1. The van der Waals surface area contributed by atoms with Gasteiger partial charge < -0.3 is 5.11 Å². The van der Waals surface area contributed by atoms with Gasteiger partial charge in [-0.25, -0.2) is 0 Å². The van der Waals surface area contributed by atoms with Gasteiger partial charge in [-0.1, -0.05) is 29.8 Å². The van der Waals surface area contributed by atoms with Gasteiger partial charge in [-0.2, -0.15) is 0 Å². The zero-order valence-corrected chi connectivity index (χ0v) is 15.4. The monoisotopic (exact) mass is 368 g/mol. The average molecular weight is 369 g/mol. The molecule has 0 spiro atoms. The molecule has 124 valence electrons. The number of ketones is 1. The van der Waals surface area contributed by atoms with Crippen molar-refractivity contribution < 1.29 is 9.90 Å². The lowest BCUT2D eigenvalue weighted by molar-refractivity contribution is -0.161. The molecule has 0 heterocycles. The van der Waals surface area contributed by atoms with Crippen LogP contribution in [0.15, 0.2) is 0 Å². The average Bonchev–Trinajstić information content (AvgIpc) is 2.75. The molecule has 4 aliphatic rings. The standard InChI is InChI=1S/C19H29BrO2/c1-18-6-5-15-14(16(18)8-12(20)10-18)4-3-11-7-13(21)9-17(22)19(11,15)2/h11-16,21H,3-10H2,1-2H3/t11?,12?,13?,14-,15-,16+,18-,19+/m1/s1. The van der Waals surface area contributed by atoms with E-state index in [2.05, 4.69) is 29.8 Å². The van der Waals surface area contributed by atoms with Gasteiger partial charge in [-0.15, -0.1) is 0 Å². The van der Waals surface area contributed by atoms with Gasteiger partial charge in [-0.05, 0) is 74.0 Å². The van der Waals surface area contributed by atoms with E-state index in [9.17, 15) is 9.90 Å². The highest BCUT2D eigenvalue weighted by molar-refractivity contribution is 9.09. The van der Waals surface area contributed by atoms with Crippen molar-refractivity contribution in [3.63, 3.8) is 0 Å². The predicted molar refractivity (Wildman–Crippen MR) is 90.8 cm³/mol. The molecule has 2 nitrogen and oxygen atoms in total. The quantitative estimate of drug-likeness (QED) is 0.646. The number of fused-ring (bicyclic) bond motifs is 5. The van der Waals surface area contributed by atoms with Crippen molar-refractivity contribution in [3.8, 4) is 0 Å². The fourth-order valence-corrected chi connectivity index (χ4v) is 8.19. The first-order valence-corrected chi connectivity index (χ1v) is 10.1. The molecule has 22 heavy (non-hydrogen) atoms. The SMILES string of the molecule is C[C@]12CC[C@@H]3[C@@H](CCC4CC(O)CC(=O)[C@@]43C)[C@@H]1CC(Br)C2. The van der Waals surface area contributed by atoms with Crippen molar-refractivity contribution in [3.05, 3.63) is 0 Å². The molecule has 1 N–H and O–H groups in total. The van der Waals surface area contributed by atoms with Crippen LogP contribution in [-0.4, -0.2) is 21.8 Å². The molecule has 4 rings (SSSR count). The van der Waals surface area contributed by atoms with E-state index in [-0.39, 0.29) is 11.5 Å². The van der Waals surface area contributed by atoms with E-state index < -0.39 is 0 Å². The van der Waals surface area contributed by atoms with Crippen LogP contribution in [0.1, 0.15) is 65.2 Å². The number of aliphatic hydroxyl groups is 1. The molecule has 0 bridgehead atoms. The van der Waals surface area contributed by atoms with E-state index in [4.69, 9.17) is 0 Å². The van der Waals surface area contributed by atoms with Crippen molar-refractivity contribution >= 4 is 21.7 Å². The van der Waals surface area contributed by atoms with E-state index in [1.165, 1.54) is 32.1 Å². The molecule has 4 aliphatic carbocycles. The van der Waals surface area contributed by atoms with E-state index in [1.807, 2.05) is 0 Å². The Bertz CT molecular complexity index is 492. The number of hydrogen-bond donors (Lipinski definition) is 1. The van der Waals surface area contributed by atoms with Gasteiger partial charge in [0.25, 0.3) is 0 Å². The smallest absolute Gasteiger partial charge is 0.141 e. The summed E-state index contributed by atoms with van der Waals surface area (Å²) < 4.78 is 0. The molecule has 0 radical (unpaired) electrons. The summed E-state index contributed by atoms with van der Waals surface area (Å²) in [7, 11) is 0. The summed E-state index contributed by atoms with van der Waals surface area (Å²) in [5, 5.41) is 10.0. The third-order valence-corrected chi connectivity index (χ3v) is 8.90. The summed E-state index contributed by atoms with van der Waals surface area (Å²) in [6, 6.07) is 0. The Hall–Kier alpha value is 0.110. The summed E-state index contributed by atoms with van der Waals surface area (Å²) in [6.45, 7) is 4.75. The molecule has 0 saturated heterocycles. The number of rotatable bonds is 0. The van der Waals surface area contributed by atoms with Crippen molar-refractivity contribution in [1.29, 1.82) is 0 Å². The Morgan fingerprint density at radius 2 is 1.91 bits per heavy atom. The fraction of sp³-hybridized carbons (Fsp3) is 0.947. The number of aliphatic hydroxyl groups excluding tert-OH is 1. The molecule has 4 saturated carbocycles. The van der Waals surface area contributed by atoms with Gasteiger partial charge in [-0.3, -0.25) is 4.79 Å². The van der Waals surface area contributed by atoms with Crippen LogP contribution in [-0.2, 0) is 4.79 Å². The second-order valence-electron chi connectivity index (χ2n) is 9.18. The minimum Gasteiger partial charge on any atom is -0.393 e. The molecule has 0 aromatic carbocycles. The maximum atomic E-state index is 12.9. The zero-order valence-electron chi connectivity index (χ0n) is 13.9. The third-order valence-electron chi connectivity index (χ3n) is 8.20. The van der Waals surface area contributed by atoms with E-state index in [0.29, 0.717) is 34.3 Å². The number of alkyl halides is 1. The number of halogens is 1. The Morgan fingerprint density at radius 1 is 1.14 bits per heavy atom. The van der Waals surface area contributed by atoms with E-state index in [1.54, 1.807) is 0 Å². The van der Waals surface area contributed by atoms with Crippen molar-refractivity contribution in [2.75, 3.05) is 0 Å². The van der Waals surface area contributed by atoms with Crippen molar-refractivity contribution in [2.24, 2.45) is 34.5 Å². The van der Waals surface area contributed by atoms with Crippen LogP contribution in [0.2, 0.25) is 0 Å². The second kappa shape index (κ2) is 5.05. The minimum atomic E-state index is -0.380. The van der Waals surface area contributed by atoms with Gasteiger partial charge in [0.1, 0.15) is 5.78 Å². The van der Waals surface area contributed by atoms with Crippen LogP contribution < -0.4 is 0 Å². The summed E-state index contributed by atoms with van der Waals surface area (Å²) in [5.41, 5.74) is 0.351. The van der Waals surface area contributed by atoms with Crippen LogP contribution in [0.3, 0.4) is 0 Å². The first kappa shape index (κ1) is 15.6. The molecular formula is C19H29BrO2. The Kier molecular flexibility index (Phi) is 3.59. The largest absolute Gasteiger partial charge is 0.393 e. The van der Waals surface area contributed by atoms with Gasteiger partial charge in [0.15, 0.2) is 0 Å². The van der Waals surface area contributed by atoms with E-state index in [0.717, 1.165) is 24.7 Å². The zero-order chi connectivity index (χ0) is 15.7. The van der Waals surface area contributed by atoms with Gasteiger partial charge in [0.05, 0.1) is 6.10 Å². The predicted octanol–water partition coefficient (Wildman–Crippen LogP) is 4.33. The van der Waals surface area contributed by atoms with Crippen LogP contribution in [0.25, 0.3) is 0 Å². The van der Waals surface area contributed by atoms with Crippen molar-refractivity contribution in [1.82, 2.24) is 0 Å². The molecule has 0 aromatic heterocycles. The fourth-order valence-electron chi connectivity index (χ4n) is 7.05. The molecule has 3 unspecified atom stereocenters. The highest BCUT2D eigenvalue weighted by Crippen LogP contribution is 2.66. The van der Waals surface area contributed by atoms with E-state index >= 15 is 0 Å². The maximum Gasteiger partial charge on any atom is 0.141 e. The Morgan fingerprint density at radius 3 is 2.68 bits per heavy atom. The number of carbonyl (C=O) groups is 1. The molecule has 3 heteroatoms. The maximum absolute atomic E-state index is 12.9. The Balaban J connectivity index is 1.67. The van der Waals surface area contributed by atoms with Crippen molar-refractivity contribution in [2.45, 2.75) is 76.1 Å². The summed E-state index contributed by atoms with van der Waals surface area (Å²) in [6.07, 6.45) is 8.45. The first-order valence-electron chi connectivity index (χ1n) is 9.20. The minimum absolute atomic E-state index is 0.145.